The van der Waals surface area contributed by atoms with Crippen LogP contribution in [0.4, 0.5) is 4.39 Å². The van der Waals surface area contributed by atoms with E-state index in [1.54, 1.807) is 13.0 Å². The van der Waals surface area contributed by atoms with Gasteiger partial charge in [0.15, 0.2) is 0 Å². The monoisotopic (exact) mass is 300 g/mol. The second-order valence-corrected chi connectivity index (χ2v) is 4.37. The number of hydrogen-bond donors (Lipinski definition) is 0. The molecule has 0 saturated carbocycles. The Morgan fingerprint density at radius 3 is 3.06 bits per heavy atom. The molecule has 0 fully saturated rings. The summed E-state index contributed by atoms with van der Waals surface area (Å²) < 4.78 is 20.3. The van der Waals surface area contributed by atoms with Crippen molar-refractivity contribution in [3.05, 3.63) is 28.6 Å². The summed E-state index contributed by atoms with van der Waals surface area (Å²) in [6.07, 6.45) is 1.49. The number of carbonyl (C=O) groups excluding carboxylic acids is 1. The molecule has 0 atom stereocenters. The van der Waals surface area contributed by atoms with Crippen molar-refractivity contribution < 1.29 is 13.9 Å². The van der Waals surface area contributed by atoms with E-state index in [1.807, 2.05) is 0 Å². The fourth-order valence-corrected chi connectivity index (χ4v) is 1.94. The minimum absolute atomic E-state index is 0.0143. The van der Waals surface area contributed by atoms with E-state index < -0.39 is 0 Å². The summed E-state index contributed by atoms with van der Waals surface area (Å²) in [4.78, 5) is 11.3. The van der Waals surface area contributed by atoms with Crippen LogP contribution in [0, 0.1) is 5.82 Å². The SMILES string of the molecule is CCOC(=O)Cn1cc2c(F)cc(Br)cc2n1. The fraction of sp³-hybridized carbons (Fsp3) is 0.273. The molecule has 0 radical (unpaired) electrons. The molecule has 0 N–H and O–H groups in total. The third-order valence-corrected chi connectivity index (χ3v) is 2.64. The number of aromatic nitrogens is 2. The van der Waals surface area contributed by atoms with Crippen LogP contribution in [0.1, 0.15) is 6.92 Å². The van der Waals surface area contributed by atoms with E-state index in [1.165, 1.54) is 16.9 Å². The van der Waals surface area contributed by atoms with Gasteiger partial charge in [-0.25, -0.2) is 4.39 Å². The molecule has 1 heterocycles. The normalized spacial score (nSPS) is 10.8. The lowest BCUT2D eigenvalue weighted by molar-refractivity contribution is -0.144. The molecule has 6 heteroatoms. The number of esters is 1. The minimum atomic E-state index is -0.389. The van der Waals surface area contributed by atoms with Gasteiger partial charge in [-0.2, -0.15) is 5.10 Å². The minimum Gasteiger partial charge on any atom is -0.465 e. The zero-order chi connectivity index (χ0) is 12.4. The van der Waals surface area contributed by atoms with Gasteiger partial charge in [0.1, 0.15) is 12.4 Å². The van der Waals surface area contributed by atoms with E-state index in [0.717, 1.165) is 0 Å². The van der Waals surface area contributed by atoms with Gasteiger partial charge in [0.05, 0.1) is 17.5 Å². The predicted molar refractivity (Wildman–Crippen MR) is 64.0 cm³/mol. The van der Waals surface area contributed by atoms with Gasteiger partial charge >= 0.3 is 5.97 Å². The molecule has 2 aromatic rings. The number of ether oxygens (including phenoxy) is 1. The molecule has 17 heavy (non-hydrogen) atoms. The molecule has 1 aromatic heterocycles. The van der Waals surface area contributed by atoms with Gasteiger partial charge in [0.25, 0.3) is 0 Å². The predicted octanol–water partition coefficient (Wildman–Crippen LogP) is 2.50. The first-order valence-electron chi connectivity index (χ1n) is 5.08. The van der Waals surface area contributed by atoms with Crippen LogP contribution in [0.5, 0.6) is 0 Å². The van der Waals surface area contributed by atoms with Gasteiger partial charge in [-0.05, 0) is 19.1 Å². The smallest absolute Gasteiger partial charge is 0.327 e. The summed E-state index contributed by atoms with van der Waals surface area (Å²) in [5, 5.41) is 4.49. The molecular weight excluding hydrogens is 291 g/mol. The maximum atomic E-state index is 13.5. The molecule has 90 valence electrons. The Balaban J connectivity index is 2.32. The maximum absolute atomic E-state index is 13.5. The standard InChI is InChI=1S/C11H10BrFN2O2/c1-2-17-11(16)6-15-5-8-9(13)3-7(12)4-10(8)14-15/h3-5H,2,6H2,1H3. The highest BCUT2D eigenvalue weighted by atomic mass is 79.9. The zero-order valence-corrected chi connectivity index (χ0v) is 10.7. The van der Waals surface area contributed by atoms with Crippen LogP contribution in [0.3, 0.4) is 0 Å². The van der Waals surface area contributed by atoms with Crippen molar-refractivity contribution >= 4 is 32.8 Å². The van der Waals surface area contributed by atoms with Crippen molar-refractivity contribution in [1.82, 2.24) is 9.78 Å². The first-order valence-corrected chi connectivity index (χ1v) is 5.87. The number of halogens is 2. The first-order chi connectivity index (χ1) is 8.10. The molecule has 0 aliphatic heterocycles. The third-order valence-electron chi connectivity index (χ3n) is 2.18. The van der Waals surface area contributed by atoms with Gasteiger partial charge < -0.3 is 4.74 Å². The number of nitrogens with zero attached hydrogens (tertiary/aromatic N) is 2. The van der Waals surface area contributed by atoms with Gasteiger partial charge in [-0.3, -0.25) is 9.48 Å². The summed E-state index contributed by atoms with van der Waals surface area (Å²) >= 11 is 3.19. The summed E-state index contributed by atoms with van der Waals surface area (Å²) in [6.45, 7) is 2.04. The van der Waals surface area contributed by atoms with E-state index in [-0.39, 0.29) is 18.3 Å². The van der Waals surface area contributed by atoms with Gasteiger partial charge in [0, 0.05) is 10.7 Å². The second kappa shape index (κ2) is 4.83. The zero-order valence-electron chi connectivity index (χ0n) is 9.11. The number of fused-ring (bicyclic) bond motifs is 1. The maximum Gasteiger partial charge on any atom is 0.327 e. The largest absolute Gasteiger partial charge is 0.465 e. The fourth-order valence-electron chi connectivity index (χ4n) is 1.52. The van der Waals surface area contributed by atoms with Gasteiger partial charge in [-0.15, -0.1) is 0 Å². The summed E-state index contributed by atoms with van der Waals surface area (Å²) in [5.41, 5.74) is 0.501. The molecule has 0 saturated heterocycles. The Hall–Kier alpha value is -1.43. The average Bonchev–Trinajstić information content (AvgIpc) is 2.60. The lowest BCUT2D eigenvalue weighted by atomic mass is 10.2. The van der Waals surface area contributed by atoms with Crippen LogP contribution < -0.4 is 0 Å². The summed E-state index contributed by atoms with van der Waals surface area (Å²) in [7, 11) is 0. The van der Waals surface area contributed by atoms with Crippen LogP contribution >= 0.6 is 15.9 Å². The average molecular weight is 301 g/mol. The number of rotatable bonds is 3. The van der Waals surface area contributed by atoms with Gasteiger partial charge in [0.2, 0.25) is 0 Å². The Kier molecular flexibility index (Phi) is 3.42. The quantitative estimate of drug-likeness (QED) is 0.818. The lowest BCUT2D eigenvalue weighted by Gasteiger charge is -2.00. The number of carbonyl (C=O) groups is 1. The van der Waals surface area contributed by atoms with Crippen LogP contribution in [-0.4, -0.2) is 22.4 Å². The molecule has 0 bridgehead atoms. The van der Waals surface area contributed by atoms with Crippen molar-refractivity contribution in [3.8, 4) is 0 Å². The van der Waals surface area contributed by atoms with E-state index in [0.29, 0.717) is 22.0 Å². The highest BCUT2D eigenvalue weighted by molar-refractivity contribution is 9.10. The molecular formula is C11H10BrFN2O2. The molecule has 1 aromatic carbocycles. The third kappa shape index (κ3) is 2.63. The van der Waals surface area contributed by atoms with E-state index in [4.69, 9.17) is 4.74 Å². The first kappa shape index (κ1) is 12.0. The number of hydrogen-bond acceptors (Lipinski definition) is 3. The van der Waals surface area contributed by atoms with E-state index >= 15 is 0 Å². The summed E-state index contributed by atoms with van der Waals surface area (Å²) in [6, 6.07) is 3.05. The molecule has 0 spiro atoms. The topological polar surface area (TPSA) is 44.1 Å². The van der Waals surface area contributed by atoms with Crippen molar-refractivity contribution in [2.24, 2.45) is 0 Å². The van der Waals surface area contributed by atoms with E-state index in [9.17, 15) is 9.18 Å². The van der Waals surface area contributed by atoms with Crippen molar-refractivity contribution in [2.45, 2.75) is 13.5 Å². The molecule has 0 unspecified atom stereocenters. The van der Waals surface area contributed by atoms with Crippen LogP contribution in [-0.2, 0) is 16.1 Å². The molecule has 2 rings (SSSR count). The number of benzene rings is 1. The van der Waals surface area contributed by atoms with Crippen molar-refractivity contribution in [2.75, 3.05) is 6.61 Å². The molecule has 4 nitrogen and oxygen atoms in total. The van der Waals surface area contributed by atoms with Crippen LogP contribution in [0.2, 0.25) is 0 Å². The lowest BCUT2D eigenvalue weighted by Crippen LogP contribution is -2.13. The highest BCUT2D eigenvalue weighted by Gasteiger charge is 2.10. The van der Waals surface area contributed by atoms with Crippen molar-refractivity contribution in [1.29, 1.82) is 0 Å². The van der Waals surface area contributed by atoms with Crippen LogP contribution in [0.25, 0.3) is 10.9 Å². The van der Waals surface area contributed by atoms with Crippen molar-refractivity contribution in [3.63, 3.8) is 0 Å². The second-order valence-electron chi connectivity index (χ2n) is 3.45. The Bertz CT molecular complexity index is 568. The molecule has 0 amide bonds. The molecule has 0 aliphatic rings. The molecule has 0 aliphatic carbocycles. The Morgan fingerprint density at radius 1 is 1.59 bits per heavy atom. The van der Waals surface area contributed by atoms with Gasteiger partial charge in [-0.1, -0.05) is 15.9 Å². The van der Waals surface area contributed by atoms with Crippen LogP contribution in [0.15, 0.2) is 22.8 Å². The Labute approximate surface area is 105 Å². The highest BCUT2D eigenvalue weighted by Crippen LogP contribution is 2.22. The Morgan fingerprint density at radius 2 is 2.35 bits per heavy atom. The summed E-state index contributed by atoms with van der Waals surface area (Å²) in [5.74, 6) is -0.760. The van der Waals surface area contributed by atoms with E-state index in [2.05, 4.69) is 21.0 Å².